The first-order valence-electron chi connectivity index (χ1n) is 10.4. The zero-order valence-electron chi connectivity index (χ0n) is 17.6. The zero-order chi connectivity index (χ0) is 21.3. The van der Waals surface area contributed by atoms with Crippen LogP contribution in [0.1, 0.15) is 41.1 Å². The second kappa shape index (κ2) is 8.32. The summed E-state index contributed by atoms with van der Waals surface area (Å²) in [7, 11) is 4.17. The first-order valence-corrected chi connectivity index (χ1v) is 10.4. The van der Waals surface area contributed by atoms with E-state index in [0.29, 0.717) is 29.7 Å². The molecule has 2 aromatic carbocycles. The van der Waals surface area contributed by atoms with E-state index in [9.17, 15) is 9.59 Å². The van der Waals surface area contributed by atoms with Crippen LogP contribution >= 0.6 is 0 Å². The number of para-hydroxylation sites is 1. The fourth-order valence-electron chi connectivity index (χ4n) is 4.06. The molecule has 0 bridgehead atoms. The molecule has 1 atom stereocenters. The molecule has 3 aromatic rings. The minimum absolute atomic E-state index is 0.139. The molecule has 1 aromatic heterocycles. The number of fused-ring (bicyclic) bond motifs is 2. The lowest BCUT2D eigenvalue weighted by molar-refractivity contribution is -0.858. The average Bonchev–Trinajstić information content (AvgIpc) is 3.01. The SMILES string of the molecule is CCOc1ccc([C@H]2c3c(oc4ccccc4c3=O)C(=O)N2CCC[NH+](C)C)cc1. The maximum absolute atomic E-state index is 13.4. The van der Waals surface area contributed by atoms with Gasteiger partial charge in [-0.2, -0.15) is 0 Å². The predicted molar refractivity (Wildman–Crippen MR) is 115 cm³/mol. The molecule has 0 unspecified atom stereocenters. The van der Waals surface area contributed by atoms with Crippen LogP contribution in [0.3, 0.4) is 0 Å². The van der Waals surface area contributed by atoms with Gasteiger partial charge in [0, 0.05) is 13.0 Å². The van der Waals surface area contributed by atoms with E-state index >= 15 is 0 Å². The number of carbonyl (C=O) groups excluding carboxylic acids is 1. The summed E-state index contributed by atoms with van der Waals surface area (Å²) < 4.78 is 11.5. The molecule has 0 saturated carbocycles. The van der Waals surface area contributed by atoms with Gasteiger partial charge in [0.05, 0.1) is 44.2 Å². The van der Waals surface area contributed by atoms with Crippen LogP contribution in [0.4, 0.5) is 0 Å². The molecule has 6 nitrogen and oxygen atoms in total. The van der Waals surface area contributed by atoms with Crippen molar-refractivity contribution >= 4 is 16.9 Å². The van der Waals surface area contributed by atoms with Crippen LogP contribution < -0.4 is 15.1 Å². The van der Waals surface area contributed by atoms with Gasteiger partial charge in [0.2, 0.25) is 5.76 Å². The molecule has 0 saturated heterocycles. The molecule has 6 heteroatoms. The lowest BCUT2D eigenvalue weighted by Gasteiger charge is -2.25. The normalized spacial score (nSPS) is 15.8. The molecule has 0 spiro atoms. The molecule has 1 aliphatic rings. The summed E-state index contributed by atoms with van der Waals surface area (Å²) in [5.74, 6) is 0.703. The Morgan fingerprint density at radius 3 is 2.50 bits per heavy atom. The van der Waals surface area contributed by atoms with Gasteiger partial charge in [0.1, 0.15) is 11.3 Å². The maximum Gasteiger partial charge on any atom is 0.290 e. The number of benzene rings is 2. The highest BCUT2D eigenvalue weighted by atomic mass is 16.5. The van der Waals surface area contributed by atoms with E-state index < -0.39 is 6.04 Å². The van der Waals surface area contributed by atoms with Gasteiger partial charge in [-0.05, 0) is 36.8 Å². The van der Waals surface area contributed by atoms with Gasteiger partial charge in [0.15, 0.2) is 5.43 Å². The summed E-state index contributed by atoms with van der Waals surface area (Å²) in [6, 6.07) is 14.3. The minimum atomic E-state index is -0.457. The van der Waals surface area contributed by atoms with E-state index in [-0.39, 0.29) is 17.1 Å². The monoisotopic (exact) mass is 407 g/mol. The molecule has 0 aliphatic carbocycles. The zero-order valence-corrected chi connectivity index (χ0v) is 17.6. The number of nitrogens with one attached hydrogen (secondary N) is 1. The van der Waals surface area contributed by atoms with Crippen LogP contribution in [-0.2, 0) is 0 Å². The van der Waals surface area contributed by atoms with Crippen molar-refractivity contribution < 1.29 is 18.8 Å². The van der Waals surface area contributed by atoms with E-state index in [2.05, 4.69) is 14.1 Å². The summed E-state index contributed by atoms with van der Waals surface area (Å²) in [4.78, 5) is 29.7. The Morgan fingerprint density at radius 1 is 1.07 bits per heavy atom. The van der Waals surface area contributed by atoms with Crippen molar-refractivity contribution in [3.8, 4) is 5.75 Å². The number of nitrogens with zero attached hydrogens (tertiary/aromatic N) is 1. The van der Waals surface area contributed by atoms with Crippen molar-refractivity contribution in [1.82, 2.24) is 4.90 Å². The van der Waals surface area contributed by atoms with Gasteiger partial charge in [-0.15, -0.1) is 0 Å². The third-order valence-corrected chi connectivity index (χ3v) is 5.46. The summed E-state index contributed by atoms with van der Waals surface area (Å²) in [5.41, 5.74) is 1.62. The van der Waals surface area contributed by atoms with Crippen LogP contribution in [0, 0.1) is 0 Å². The molecule has 30 heavy (non-hydrogen) atoms. The Bertz CT molecular complexity index is 1120. The Morgan fingerprint density at radius 2 is 1.80 bits per heavy atom. The minimum Gasteiger partial charge on any atom is -0.494 e. The maximum atomic E-state index is 13.4. The van der Waals surface area contributed by atoms with Gasteiger partial charge in [-0.3, -0.25) is 9.59 Å². The van der Waals surface area contributed by atoms with Crippen molar-refractivity contribution in [3.05, 3.63) is 75.6 Å². The van der Waals surface area contributed by atoms with E-state index in [1.807, 2.05) is 37.3 Å². The first-order chi connectivity index (χ1) is 14.5. The number of quaternary nitrogens is 1. The van der Waals surface area contributed by atoms with Gasteiger partial charge in [-0.1, -0.05) is 24.3 Å². The fourth-order valence-corrected chi connectivity index (χ4v) is 4.06. The smallest absolute Gasteiger partial charge is 0.290 e. The van der Waals surface area contributed by atoms with E-state index in [1.54, 1.807) is 23.1 Å². The van der Waals surface area contributed by atoms with Crippen molar-refractivity contribution in [1.29, 1.82) is 0 Å². The number of carbonyl (C=O) groups is 1. The van der Waals surface area contributed by atoms with Gasteiger partial charge in [0.25, 0.3) is 5.91 Å². The summed E-state index contributed by atoms with van der Waals surface area (Å²) >= 11 is 0. The Labute approximate surface area is 175 Å². The van der Waals surface area contributed by atoms with Crippen molar-refractivity contribution in [3.63, 3.8) is 0 Å². The molecule has 1 aliphatic heterocycles. The topological polar surface area (TPSA) is 64.2 Å². The van der Waals surface area contributed by atoms with E-state index in [1.165, 1.54) is 4.90 Å². The molecule has 2 heterocycles. The number of ether oxygens (including phenoxy) is 1. The average molecular weight is 407 g/mol. The molecule has 0 radical (unpaired) electrons. The molecule has 4 rings (SSSR count). The second-order valence-corrected chi connectivity index (χ2v) is 7.88. The molecule has 1 amide bonds. The third kappa shape index (κ3) is 3.59. The van der Waals surface area contributed by atoms with Crippen molar-refractivity contribution in [2.24, 2.45) is 0 Å². The van der Waals surface area contributed by atoms with Gasteiger partial charge >= 0.3 is 0 Å². The first kappa shape index (κ1) is 20.2. The lowest BCUT2D eigenvalue weighted by atomic mass is 9.98. The predicted octanol–water partition coefficient (Wildman–Crippen LogP) is 2.27. The quantitative estimate of drug-likeness (QED) is 0.653. The van der Waals surface area contributed by atoms with E-state index in [4.69, 9.17) is 9.15 Å². The van der Waals surface area contributed by atoms with Crippen molar-refractivity contribution in [2.75, 3.05) is 33.8 Å². The third-order valence-electron chi connectivity index (χ3n) is 5.46. The van der Waals surface area contributed by atoms with Crippen LogP contribution in [0.25, 0.3) is 11.0 Å². The Kier molecular flexibility index (Phi) is 5.59. The molecule has 0 fully saturated rings. The molecule has 1 N–H and O–H groups in total. The van der Waals surface area contributed by atoms with Crippen LogP contribution in [0.15, 0.2) is 57.7 Å². The largest absolute Gasteiger partial charge is 0.494 e. The van der Waals surface area contributed by atoms with Gasteiger partial charge < -0.3 is 19.0 Å². The Balaban J connectivity index is 1.82. The van der Waals surface area contributed by atoms with Crippen LogP contribution in [-0.4, -0.2) is 44.6 Å². The molecular formula is C24H27N2O4+. The number of amides is 1. The van der Waals surface area contributed by atoms with Crippen molar-refractivity contribution in [2.45, 2.75) is 19.4 Å². The number of hydrogen-bond donors (Lipinski definition) is 1. The molecule has 156 valence electrons. The fraction of sp³-hybridized carbons (Fsp3) is 0.333. The highest BCUT2D eigenvalue weighted by Gasteiger charge is 2.42. The molecular weight excluding hydrogens is 380 g/mol. The van der Waals surface area contributed by atoms with Gasteiger partial charge in [-0.25, -0.2) is 0 Å². The highest BCUT2D eigenvalue weighted by Crippen LogP contribution is 2.38. The summed E-state index contributed by atoms with van der Waals surface area (Å²) in [5, 5.41) is 0.500. The highest BCUT2D eigenvalue weighted by molar-refractivity contribution is 5.99. The van der Waals surface area contributed by atoms with Crippen LogP contribution in [0.5, 0.6) is 5.75 Å². The van der Waals surface area contributed by atoms with E-state index in [0.717, 1.165) is 24.3 Å². The second-order valence-electron chi connectivity index (χ2n) is 7.88. The Hall–Kier alpha value is -3.12. The standard InChI is InChI=1S/C24H26N2O4/c1-4-29-17-12-10-16(11-13-17)21-20-22(27)18-8-5-6-9-19(18)30-23(20)24(28)26(21)15-7-14-25(2)3/h5-6,8-13,21H,4,7,14-15H2,1-3H3/p+1/t21-/m0/s1. The number of rotatable bonds is 7. The van der Waals surface area contributed by atoms with Crippen LogP contribution in [0.2, 0.25) is 0 Å². The number of hydrogen-bond acceptors (Lipinski definition) is 4. The summed E-state index contributed by atoms with van der Waals surface area (Å²) in [6.07, 6.45) is 0.837. The summed E-state index contributed by atoms with van der Waals surface area (Å²) in [6.45, 7) is 4.00. The lowest BCUT2D eigenvalue weighted by Crippen LogP contribution is -3.05.